The average molecular weight is 180 g/mol. The van der Waals surface area contributed by atoms with E-state index in [0.29, 0.717) is 0 Å². The van der Waals surface area contributed by atoms with Crippen molar-refractivity contribution in [2.45, 2.75) is 19.8 Å². The molecule has 0 aromatic carbocycles. The topological polar surface area (TPSA) is 69.2 Å². The average Bonchev–Trinajstić information content (AvgIpc) is 1.85. The lowest BCUT2D eigenvalue weighted by Crippen LogP contribution is -2.23. The van der Waals surface area contributed by atoms with Gasteiger partial charge in [0.15, 0.2) is 0 Å². The van der Waals surface area contributed by atoms with Crippen molar-refractivity contribution in [2.24, 2.45) is 0 Å². The first-order valence-corrected chi connectivity index (χ1v) is 5.28. The van der Waals surface area contributed by atoms with Crippen LogP contribution in [0.2, 0.25) is 0 Å². The minimum atomic E-state index is -4.02. The van der Waals surface area contributed by atoms with Crippen LogP contribution >= 0.6 is 0 Å². The molecule has 0 aliphatic carbocycles. The molecule has 0 rings (SSSR count). The van der Waals surface area contributed by atoms with E-state index in [9.17, 15) is 13.0 Å². The van der Waals surface area contributed by atoms with Crippen molar-refractivity contribution in [3.8, 4) is 0 Å². The maximum absolute atomic E-state index is 10.1. The Balaban J connectivity index is 3.16. The van der Waals surface area contributed by atoms with Crippen LogP contribution in [-0.2, 0) is 10.1 Å². The van der Waals surface area contributed by atoms with Crippen molar-refractivity contribution in [3.63, 3.8) is 0 Å². The molecule has 0 aliphatic rings. The molecule has 0 aliphatic heterocycles. The summed E-state index contributed by atoms with van der Waals surface area (Å²) < 4.78 is 30.2. The zero-order valence-corrected chi connectivity index (χ0v) is 7.49. The van der Waals surface area contributed by atoms with Crippen molar-refractivity contribution in [1.82, 2.24) is 5.32 Å². The van der Waals surface area contributed by atoms with E-state index in [2.05, 4.69) is 5.32 Å². The molecule has 0 fully saturated rings. The summed E-state index contributed by atoms with van der Waals surface area (Å²) in [4.78, 5) is 0. The standard InChI is InChI=1S/C6H15NO3S/c1-2-3-4-7-5-6-11(8,9)10/h7H,2-6H2,1H3,(H,8,9,10)/p-1. The summed E-state index contributed by atoms with van der Waals surface area (Å²) in [7, 11) is -4.02. The fraction of sp³-hybridized carbons (Fsp3) is 1.00. The van der Waals surface area contributed by atoms with Crippen LogP contribution in [0.3, 0.4) is 0 Å². The van der Waals surface area contributed by atoms with E-state index in [-0.39, 0.29) is 12.3 Å². The highest BCUT2D eigenvalue weighted by atomic mass is 32.2. The molecular formula is C6H14NO3S-. The lowest BCUT2D eigenvalue weighted by Gasteiger charge is -2.06. The fourth-order valence-electron chi connectivity index (χ4n) is 0.624. The predicted molar refractivity (Wildman–Crippen MR) is 42.3 cm³/mol. The van der Waals surface area contributed by atoms with Gasteiger partial charge in [-0.3, -0.25) is 0 Å². The van der Waals surface area contributed by atoms with Crippen LogP contribution < -0.4 is 5.32 Å². The van der Waals surface area contributed by atoms with Gasteiger partial charge in [0, 0.05) is 6.54 Å². The minimum Gasteiger partial charge on any atom is -0.748 e. The third-order valence-corrected chi connectivity index (χ3v) is 1.94. The van der Waals surface area contributed by atoms with E-state index in [4.69, 9.17) is 0 Å². The van der Waals surface area contributed by atoms with Crippen LogP contribution in [0.5, 0.6) is 0 Å². The number of hydrogen-bond acceptors (Lipinski definition) is 4. The Kier molecular flexibility index (Phi) is 5.45. The highest BCUT2D eigenvalue weighted by molar-refractivity contribution is 7.85. The maximum Gasteiger partial charge on any atom is 0.0958 e. The molecule has 0 spiro atoms. The van der Waals surface area contributed by atoms with Gasteiger partial charge in [0.2, 0.25) is 0 Å². The van der Waals surface area contributed by atoms with Crippen LogP contribution in [0.25, 0.3) is 0 Å². The van der Waals surface area contributed by atoms with Crippen LogP contribution in [0.15, 0.2) is 0 Å². The number of nitrogens with one attached hydrogen (secondary N) is 1. The molecule has 0 aromatic rings. The van der Waals surface area contributed by atoms with Gasteiger partial charge in [0.1, 0.15) is 0 Å². The first-order chi connectivity index (χ1) is 5.06. The molecule has 4 nitrogen and oxygen atoms in total. The second kappa shape index (κ2) is 5.51. The van der Waals surface area contributed by atoms with Gasteiger partial charge < -0.3 is 9.87 Å². The summed E-state index contributed by atoms with van der Waals surface area (Å²) in [5, 5.41) is 2.86. The van der Waals surface area contributed by atoms with Crippen LogP contribution in [0.1, 0.15) is 19.8 Å². The van der Waals surface area contributed by atoms with Gasteiger partial charge in [-0.15, -0.1) is 0 Å². The summed E-state index contributed by atoms with van der Waals surface area (Å²) in [5.41, 5.74) is 0. The van der Waals surface area contributed by atoms with Gasteiger partial charge in [-0.2, -0.15) is 0 Å². The van der Waals surface area contributed by atoms with Crippen molar-refractivity contribution in [3.05, 3.63) is 0 Å². The molecule has 0 atom stereocenters. The van der Waals surface area contributed by atoms with Crippen molar-refractivity contribution in [1.29, 1.82) is 0 Å². The third kappa shape index (κ3) is 9.87. The van der Waals surface area contributed by atoms with Crippen molar-refractivity contribution in [2.75, 3.05) is 18.8 Å². The van der Waals surface area contributed by atoms with E-state index in [1.165, 1.54) is 0 Å². The molecule has 68 valence electrons. The molecule has 0 saturated heterocycles. The Morgan fingerprint density at radius 3 is 2.45 bits per heavy atom. The van der Waals surface area contributed by atoms with Gasteiger partial charge in [-0.1, -0.05) is 13.3 Å². The van der Waals surface area contributed by atoms with E-state index in [0.717, 1.165) is 19.4 Å². The summed E-state index contributed by atoms with van der Waals surface area (Å²) in [6.45, 7) is 3.10. The molecule has 0 unspecified atom stereocenters. The molecule has 5 heteroatoms. The Hall–Kier alpha value is -0.130. The van der Waals surface area contributed by atoms with E-state index >= 15 is 0 Å². The van der Waals surface area contributed by atoms with Crippen molar-refractivity contribution < 1.29 is 13.0 Å². The summed E-state index contributed by atoms with van der Waals surface area (Å²) in [6, 6.07) is 0. The first-order valence-electron chi connectivity index (χ1n) is 3.70. The first kappa shape index (κ1) is 10.9. The van der Waals surface area contributed by atoms with E-state index in [1.807, 2.05) is 6.92 Å². The van der Waals surface area contributed by atoms with E-state index < -0.39 is 10.1 Å². The predicted octanol–water partition coefficient (Wildman–Crippen LogP) is -0.0787. The summed E-state index contributed by atoms with van der Waals surface area (Å²) >= 11 is 0. The minimum absolute atomic E-state index is 0.270. The van der Waals surface area contributed by atoms with Crippen LogP contribution in [-0.4, -0.2) is 31.8 Å². The highest BCUT2D eigenvalue weighted by Crippen LogP contribution is 1.83. The molecule has 0 bridgehead atoms. The molecule has 1 N–H and O–H groups in total. The molecular weight excluding hydrogens is 166 g/mol. The third-order valence-electron chi connectivity index (χ3n) is 1.24. The molecule has 11 heavy (non-hydrogen) atoms. The Morgan fingerprint density at radius 1 is 1.36 bits per heavy atom. The van der Waals surface area contributed by atoms with Gasteiger partial charge in [0.05, 0.1) is 15.9 Å². The smallest absolute Gasteiger partial charge is 0.0958 e. The summed E-state index contributed by atoms with van der Waals surface area (Å²) in [6.07, 6.45) is 2.08. The van der Waals surface area contributed by atoms with Crippen molar-refractivity contribution >= 4 is 10.1 Å². The number of unbranched alkanes of at least 4 members (excludes halogenated alkanes) is 1. The van der Waals surface area contributed by atoms with Crippen LogP contribution in [0, 0.1) is 0 Å². The quantitative estimate of drug-likeness (QED) is 0.458. The molecule has 0 amide bonds. The monoisotopic (exact) mass is 180 g/mol. The second-order valence-corrected chi connectivity index (χ2v) is 3.89. The second-order valence-electron chi connectivity index (χ2n) is 2.37. The van der Waals surface area contributed by atoms with Gasteiger partial charge in [-0.25, -0.2) is 8.42 Å². The summed E-state index contributed by atoms with van der Waals surface area (Å²) in [5.74, 6) is -0.309. The van der Waals surface area contributed by atoms with Gasteiger partial charge in [0.25, 0.3) is 0 Å². The lowest BCUT2D eigenvalue weighted by molar-refractivity contribution is 0.460. The molecule has 0 radical (unpaired) electrons. The maximum atomic E-state index is 10.1. The van der Waals surface area contributed by atoms with Gasteiger partial charge in [-0.05, 0) is 13.0 Å². The molecule has 0 heterocycles. The molecule has 0 aromatic heterocycles. The highest BCUT2D eigenvalue weighted by Gasteiger charge is 1.92. The lowest BCUT2D eigenvalue weighted by atomic mass is 10.3. The van der Waals surface area contributed by atoms with Crippen LogP contribution in [0.4, 0.5) is 0 Å². The van der Waals surface area contributed by atoms with Gasteiger partial charge >= 0.3 is 0 Å². The Labute approximate surface area is 67.7 Å². The van der Waals surface area contributed by atoms with E-state index in [1.54, 1.807) is 0 Å². The zero-order chi connectivity index (χ0) is 8.74. The Morgan fingerprint density at radius 2 is 2.00 bits per heavy atom. The molecule has 0 saturated carbocycles. The normalized spacial score (nSPS) is 11.8. The Bertz CT molecular complexity index is 176. The number of hydrogen-bond donors (Lipinski definition) is 1. The number of rotatable bonds is 6. The fourth-order valence-corrected chi connectivity index (χ4v) is 1.02. The SMILES string of the molecule is CCCCNCCS(=O)(=O)[O-]. The zero-order valence-electron chi connectivity index (χ0n) is 6.67. The largest absolute Gasteiger partial charge is 0.748 e.